The summed E-state index contributed by atoms with van der Waals surface area (Å²) in [5.41, 5.74) is 1.56. The Labute approximate surface area is 103 Å². The third-order valence-corrected chi connectivity index (χ3v) is 3.10. The molecular weight excluding hydrogens is 240 g/mol. The fourth-order valence-electron chi connectivity index (χ4n) is 1.26. The number of halogens is 1. The molecular formula is C13H9ClOS. The van der Waals surface area contributed by atoms with E-state index < -0.39 is 6.10 Å². The number of rotatable bonds is 1. The van der Waals surface area contributed by atoms with Crippen LogP contribution in [-0.4, -0.2) is 5.11 Å². The van der Waals surface area contributed by atoms with E-state index in [0.717, 1.165) is 5.56 Å². The molecule has 0 radical (unpaired) electrons. The Balaban J connectivity index is 2.21. The highest BCUT2D eigenvalue weighted by Crippen LogP contribution is 2.21. The molecule has 2 rings (SSSR count). The van der Waals surface area contributed by atoms with Crippen molar-refractivity contribution >= 4 is 22.9 Å². The fourth-order valence-corrected chi connectivity index (χ4v) is 2.09. The highest BCUT2D eigenvalue weighted by molar-refractivity contribution is 7.08. The van der Waals surface area contributed by atoms with Crippen LogP contribution in [0.4, 0.5) is 0 Å². The largest absolute Gasteiger partial charge is 0.376 e. The van der Waals surface area contributed by atoms with Crippen molar-refractivity contribution in [1.29, 1.82) is 0 Å². The van der Waals surface area contributed by atoms with Gasteiger partial charge in [-0.05, 0) is 17.5 Å². The lowest BCUT2D eigenvalue weighted by Crippen LogP contribution is -1.94. The van der Waals surface area contributed by atoms with Gasteiger partial charge in [-0.2, -0.15) is 11.3 Å². The maximum absolute atomic E-state index is 9.85. The second-order valence-corrected chi connectivity index (χ2v) is 4.39. The number of hydrogen-bond donors (Lipinski definition) is 1. The Kier molecular flexibility index (Phi) is 3.63. The molecule has 3 heteroatoms. The minimum Gasteiger partial charge on any atom is -0.376 e. The molecule has 0 fully saturated rings. The molecule has 0 aliphatic rings. The van der Waals surface area contributed by atoms with Gasteiger partial charge in [-0.3, -0.25) is 0 Å². The zero-order chi connectivity index (χ0) is 11.4. The SMILES string of the molecule is OC(C#Cc1ccsc1)c1ccccc1Cl. The average Bonchev–Trinajstić information content (AvgIpc) is 2.79. The normalized spacial score (nSPS) is 11.6. The van der Waals surface area contributed by atoms with Crippen LogP contribution in [0, 0.1) is 11.8 Å². The van der Waals surface area contributed by atoms with Gasteiger partial charge in [-0.25, -0.2) is 0 Å². The van der Waals surface area contributed by atoms with Crippen LogP contribution >= 0.6 is 22.9 Å². The van der Waals surface area contributed by atoms with Crippen molar-refractivity contribution in [1.82, 2.24) is 0 Å². The van der Waals surface area contributed by atoms with Crippen LogP contribution in [-0.2, 0) is 0 Å². The predicted octanol–water partition coefficient (Wildman–Crippen LogP) is 3.49. The van der Waals surface area contributed by atoms with Crippen LogP contribution in [0.15, 0.2) is 41.1 Å². The first-order chi connectivity index (χ1) is 7.77. The van der Waals surface area contributed by atoms with E-state index in [9.17, 15) is 5.11 Å². The molecule has 2 aromatic rings. The summed E-state index contributed by atoms with van der Waals surface area (Å²) in [7, 11) is 0. The van der Waals surface area contributed by atoms with Gasteiger partial charge >= 0.3 is 0 Å². The Hall–Kier alpha value is -1.27. The van der Waals surface area contributed by atoms with Gasteiger partial charge in [0.2, 0.25) is 0 Å². The minimum absolute atomic E-state index is 0.537. The molecule has 1 unspecified atom stereocenters. The van der Waals surface area contributed by atoms with Gasteiger partial charge in [-0.1, -0.05) is 41.6 Å². The molecule has 1 aromatic heterocycles. The van der Waals surface area contributed by atoms with Crippen LogP contribution in [0.3, 0.4) is 0 Å². The monoisotopic (exact) mass is 248 g/mol. The summed E-state index contributed by atoms with van der Waals surface area (Å²) in [6.07, 6.45) is -0.839. The minimum atomic E-state index is -0.839. The molecule has 1 N–H and O–H groups in total. The molecule has 0 bridgehead atoms. The van der Waals surface area contributed by atoms with Gasteiger partial charge in [0.1, 0.15) is 6.10 Å². The van der Waals surface area contributed by atoms with Crippen LogP contribution in [0.1, 0.15) is 17.2 Å². The van der Waals surface area contributed by atoms with Crippen molar-refractivity contribution in [2.24, 2.45) is 0 Å². The molecule has 0 saturated carbocycles. The molecule has 80 valence electrons. The number of thiophene rings is 1. The molecule has 1 heterocycles. The molecule has 1 atom stereocenters. The molecule has 1 nitrogen and oxygen atoms in total. The zero-order valence-electron chi connectivity index (χ0n) is 8.35. The van der Waals surface area contributed by atoms with Gasteiger partial charge in [0, 0.05) is 21.5 Å². The van der Waals surface area contributed by atoms with Crippen molar-refractivity contribution in [3.05, 3.63) is 57.2 Å². The lowest BCUT2D eigenvalue weighted by Gasteiger charge is -2.04. The quantitative estimate of drug-likeness (QED) is 0.766. The number of hydrogen-bond acceptors (Lipinski definition) is 2. The molecule has 0 amide bonds. The first-order valence-corrected chi connectivity index (χ1v) is 6.05. The zero-order valence-corrected chi connectivity index (χ0v) is 9.92. The van der Waals surface area contributed by atoms with E-state index in [1.807, 2.05) is 29.0 Å². The van der Waals surface area contributed by atoms with E-state index in [-0.39, 0.29) is 0 Å². The number of aliphatic hydroxyl groups excluding tert-OH is 1. The summed E-state index contributed by atoms with van der Waals surface area (Å²) in [6, 6.07) is 9.08. The van der Waals surface area contributed by atoms with Crippen molar-refractivity contribution in [2.45, 2.75) is 6.10 Å². The van der Waals surface area contributed by atoms with Crippen molar-refractivity contribution < 1.29 is 5.11 Å². The molecule has 0 saturated heterocycles. The van der Waals surface area contributed by atoms with E-state index in [4.69, 9.17) is 11.6 Å². The molecule has 0 spiro atoms. The highest BCUT2D eigenvalue weighted by Gasteiger charge is 2.06. The number of aliphatic hydroxyl groups is 1. The van der Waals surface area contributed by atoms with Crippen molar-refractivity contribution in [3.8, 4) is 11.8 Å². The van der Waals surface area contributed by atoms with Gasteiger partial charge in [-0.15, -0.1) is 0 Å². The Morgan fingerprint density at radius 2 is 2.06 bits per heavy atom. The van der Waals surface area contributed by atoms with Gasteiger partial charge in [0.25, 0.3) is 0 Å². The molecule has 1 aromatic carbocycles. The van der Waals surface area contributed by atoms with E-state index in [0.29, 0.717) is 10.6 Å². The van der Waals surface area contributed by atoms with Gasteiger partial charge < -0.3 is 5.11 Å². The van der Waals surface area contributed by atoms with Gasteiger partial charge in [0.05, 0.1) is 0 Å². The smallest absolute Gasteiger partial charge is 0.142 e. The highest BCUT2D eigenvalue weighted by atomic mass is 35.5. The summed E-state index contributed by atoms with van der Waals surface area (Å²) in [6.45, 7) is 0. The lowest BCUT2D eigenvalue weighted by atomic mass is 10.1. The van der Waals surface area contributed by atoms with Crippen LogP contribution in [0.2, 0.25) is 5.02 Å². The van der Waals surface area contributed by atoms with Crippen molar-refractivity contribution in [2.75, 3.05) is 0 Å². The third kappa shape index (κ3) is 2.65. The Morgan fingerprint density at radius 1 is 1.25 bits per heavy atom. The summed E-state index contributed by atoms with van der Waals surface area (Å²) in [5, 5.41) is 14.3. The summed E-state index contributed by atoms with van der Waals surface area (Å²) in [4.78, 5) is 0. The van der Waals surface area contributed by atoms with E-state index in [2.05, 4.69) is 11.8 Å². The standard InChI is InChI=1S/C13H9ClOS/c14-12-4-2-1-3-11(12)13(15)6-5-10-7-8-16-9-10/h1-4,7-9,13,15H. The predicted molar refractivity (Wildman–Crippen MR) is 67.6 cm³/mol. The molecule has 0 aliphatic carbocycles. The summed E-state index contributed by atoms with van der Waals surface area (Å²) in [5.74, 6) is 5.67. The summed E-state index contributed by atoms with van der Waals surface area (Å²) < 4.78 is 0. The molecule has 0 aliphatic heterocycles. The van der Waals surface area contributed by atoms with Crippen LogP contribution in [0.25, 0.3) is 0 Å². The third-order valence-electron chi connectivity index (χ3n) is 2.07. The topological polar surface area (TPSA) is 20.2 Å². The average molecular weight is 249 g/mol. The van der Waals surface area contributed by atoms with E-state index in [1.54, 1.807) is 23.5 Å². The Morgan fingerprint density at radius 3 is 2.75 bits per heavy atom. The number of benzene rings is 1. The maximum atomic E-state index is 9.85. The van der Waals surface area contributed by atoms with Crippen LogP contribution in [0.5, 0.6) is 0 Å². The second kappa shape index (κ2) is 5.18. The first-order valence-electron chi connectivity index (χ1n) is 4.73. The second-order valence-electron chi connectivity index (χ2n) is 3.21. The lowest BCUT2D eigenvalue weighted by molar-refractivity contribution is 0.238. The maximum Gasteiger partial charge on any atom is 0.142 e. The van der Waals surface area contributed by atoms with E-state index >= 15 is 0 Å². The Bertz CT molecular complexity index is 522. The summed E-state index contributed by atoms with van der Waals surface area (Å²) >= 11 is 7.53. The van der Waals surface area contributed by atoms with Crippen LogP contribution < -0.4 is 0 Å². The van der Waals surface area contributed by atoms with Crippen molar-refractivity contribution in [3.63, 3.8) is 0 Å². The van der Waals surface area contributed by atoms with Gasteiger partial charge in [0.15, 0.2) is 0 Å². The molecule has 16 heavy (non-hydrogen) atoms. The fraction of sp³-hybridized carbons (Fsp3) is 0.0769. The first kappa shape index (κ1) is 11.2. The van der Waals surface area contributed by atoms with E-state index in [1.165, 1.54) is 0 Å².